The zero-order valence-electron chi connectivity index (χ0n) is 12.3. The lowest BCUT2D eigenvalue weighted by Gasteiger charge is -2.34. The number of amides is 1. The Kier molecular flexibility index (Phi) is 5.41. The van der Waals surface area contributed by atoms with Gasteiger partial charge in [-0.15, -0.1) is 0 Å². The summed E-state index contributed by atoms with van der Waals surface area (Å²) in [4.78, 5) is 14.1. The minimum Gasteiger partial charge on any atom is -0.482 e. The molecule has 1 amide bonds. The van der Waals surface area contributed by atoms with E-state index >= 15 is 0 Å². The predicted molar refractivity (Wildman–Crippen MR) is 76.5 cm³/mol. The van der Waals surface area contributed by atoms with E-state index < -0.39 is 12.2 Å². The maximum Gasteiger partial charge on any atom is 0.267 e. The molecular formula is C15H21NO5. The van der Waals surface area contributed by atoms with Crippen LogP contribution in [0.25, 0.3) is 0 Å². The number of carbonyl (C=O) groups excluding carboxylic acids is 1. The molecule has 1 aromatic rings. The maximum absolute atomic E-state index is 12.6. The largest absolute Gasteiger partial charge is 0.482 e. The number of rotatable bonds is 6. The first kappa shape index (κ1) is 15.6. The van der Waals surface area contributed by atoms with Crippen LogP contribution >= 0.6 is 0 Å². The van der Waals surface area contributed by atoms with Gasteiger partial charge in [0, 0.05) is 20.2 Å². The fourth-order valence-electron chi connectivity index (χ4n) is 2.23. The first-order valence-electron chi connectivity index (χ1n) is 6.98. The van der Waals surface area contributed by atoms with Crippen LogP contribution in [0.15, 0.2) is 24.3 Å². The minimum atomic E-state index is -0.719. The monoisotopic (exact) mass is 295 g/mol. The van der Waals surface area contributed by atoms with Crippen molar-refractivity contribution >= 4 is 5.91 Å². The lowest BCUT2D eigenvalue weighted by atomic mass is 10.1. The van der Waals surface area contributed by atoms with Crippen molar-refractivity contribution in [2.75, 3.05) is 33.4 Å². The van der Waals surface area contributed by atoms with E-state index in [9.17, 15) is 4.79 Å². The highest BCUT2D eigenvalue weighted by Gasteiger charge is 2.36. The molecule has 0 saturated carbocycles. The number of nitrogens with zero attached hydrogens (tertiary/aromatic N) is 1. The van der Waals surface area contributed by atoms with E-state index in [0.717, 1.165) is 0 Å². The van der Waals surface area contributed by atoms with E-state index in [0.29, 0.717) is 24.7 Å². The molecule has 0 radical (unpaired) electrons. The summed E-state index contributed by atoms with van der Waals surface area (Å²) in [6.07, 6.45) is -1.11. The summed E-state index contributed by atoms with van der Waals surface area (Å²) >= 11 is 0. The normalized spacial score (nSPS) is 20.1. The van der Waals surface area contributed by atoms with Crippen molar-refractivity contribution in [3.05, 3.63) is 24.3 Å². The molecule has 2 atom stereocenters. The summed E-state index contributed by atoms with van der Waals surface area (Å²) in [5.41, 5.74) is 0. The molecule has 6 heteroatoms. The van der Waals surface area contributed by atoms with Gasteiger partial charge in [-0.05, 0) is 19.1 Å². The Hall–Kier alpha value is -1.79. The van der Waals surface area contributed by atoms with Gasteiger partial charge in [-0.1, -0.05) is 12.1 Å². The molecule has 0 aromatic heterocycles. The van der Waals surface area contributed by atoms with Crippen molar-refractivity contribution in [3.8, 4) is 11.5 Å². The summed E-state index contributed by atoms with van der Waals surface area (Å²) in [6.45, 7) is 2.75. The SMILES string of the molecule is COCCN(CCO)C(=O)C1Oc2ccccc2OC1C. The molecule has 2 unspecified atom stereocenters. The lowest BCUT2D eigenvalue weighted by molar-refractivity contribution is -0.145. The Morgan fingerprint density at radius 1 is 1.29 bits per heavy atom. The van der Waals surface area contributed by atoms with Gasteiger partial charge in [-0.25, -0.2) is 0 Å². The molecule has 1 aliphatic heterocycles. The van der Waals surface area contributed by atoms with Gasteiger partial charge in [0.05, 0.1) is 13.2 Å². The number of hydrogen-bond acceptors (Lipinski definition) is 5. The second-order valence-corrected chi connectivity index (χ2v) is 4.85. The molecule has 1 heterocycles. The van der Waals surface area contributed by atoms with Crippen molar-refractivity contribution in [2.24, 2.45) is 0 Å². The fourth-order valence-corrected chi connectivity index (χ4v) is 2.23. The van der Waals surface area contributed by atoms with Crippen LogP contribution in [0, 0.1) is 0 Å². The predicted octanol–water partition coefficient (Wildman–Crippen LogP) is 0.682. The minimum absolute atomic E-state index is 0.103. The Labute approximate surface area is 124 Å². The van der Waals surface area contributed by atoms with E-state index in [1.807, 2.05) is 18.2 Å². The van der Waals surface area contributed by atoms with Crippen LogP contribution in [-0.4, -0.2) is 61.5 Å². The van der Waals surface area contributed by atoms with Crippen molar-refractivity contribution in [1.82, 2.24) is 4.90 Å². The van der Waals surface area contributed by atoms with Gasteiger partial charge in [0.25, 0.3) is 5.91 Å². The molecule has 116 valence electrons. The van der Waals surface area contributed by atoms with Gasteiger partial charge in [-0.3, -0.25) is 4.79 Å². The first-order chi connectivity index (χ1) is 10.2. The topological polar surface area (TPSA) is 68.2 Å². The smallest absolute Gasteiger partial charge is 0.267 e. The van der Waals surface area contributed by atoms with Gasteiger partial charge < -0.3 is 24.2 Å². The third-order valence-corrected chi connectivity index (χ3v) is 3.33. The van der Waals surface area contributed by atoms with Crippen LogP contribution in [-0.2, 0) is 9.53 Å². The second-order valence-electron chi connectivity index (χ2n) is 4.85. The highest BCUT2D eigenvalue weighted by Crippen LogP contribution is 2.33. The summed E-state index contributed by atoms with van der Waals surface area (Å²) in [5, 5.41) is 9.10. The Balaban J connectivity index is 2.10. The lowest BCUT2D eigenvalue weighted by Crippen LogP contribution is -2.52. The fraction of sp³-hybridized carbons (Fsp3) is 0.533. The highest BCUT2D eigenvalue weighted by molar-refractivity contribution is 5.82. The summed E-state index contributed by atoms with van der Waals surface area (Å²) < 4.78 is 16.5. The van der Waals surface area contributed by atoms with E-state index in [1.165, 1.54) is 4.90 Å². The van der Waals surface area contributed by atoms with Crippen LogP contribution < -0.4 is 9.47 Å². The number of carbonyl (C=O) groups is 1. The number of hydrogen-bond donors (Lipinski definition) is 1. The van der Waals surface area contributed by atoms with Crippen LogP contribution in [0.4, 0.5) is 0 Å². The van der Waals surface area contributed by atoms with Crippen molar-refractivity contribution in [3.63, 3.8) is 0 Å². The van der Waals surface area contributed by atoms with Crippen LogP contribution in [0.2, 0.25) is 0 Å². The van der Waals surface area contributed by atoms with Crippen molar-refractivity contribution in [2.45, 2.75) is 19.1 Å². The van der Waals surface area contributed by atoms with E-state index in [-0.39, 0.29) is 19.1 Å². The Morgan fingerprint density at radius 3 is 2.57 bits per heavy atom. The Bertz CT molecular complexity index is 479. The third-order valence-electron chi connectivity index (χ3n) is 3.33. The average Bonchev–Trinajstić information content (AvgIpc) is 2.50. The van der Waals surface area contributed by atoms with E-state index in [1.54, 1.807) is 20.1 Å². The molecule has 6 nitrogen and oxygen atoms in total. The van der Waals surface area contributed by atoms with Crippen molar-refractivity contribution < 1.29 is 24.1 Å². The van der Waals surface area contributed by atoms with Crippen LogP contribution in [0.3, 0.4) is 0 Å². The van der Waals surface area contributed by atoms with Crippen LogP contribution in [0.5, 0.6) is 11.5 Å². The standard InChI is InChI=1S/C15H21NO5/c1-11-14(15(18)16(7-9-17)8-10-19-2)21-13-6-4-3-5-12(13)20-11/h3-6,11,14,17H,7-10H2,1-2H3. The average molecular weight is 295 g/mol. The molecule has 0 spiro atoms. The summed E-state index contributed by atoms with van der Waals surface area (Å²) in [5.74, 6) is 0.993. The third kappa shape index (κ3) is 3.65. The molecular weight excluding hydrogens is 274 g/mol. The molecule has 21 heavy (non-hydrogen) atoms. The summed E-state index contributed by atoms with van der Waals surface area (Å²) in [7, 11) is 1.57. The van der Waals surface area contributed by atoms with Gasteiger partial charge in [-0.2, -0.15) is 0 Å². The molecule has 1 aromatic carbocycles. The van der Waals surface area contributed by atoms with E-state index in [2.05, 4.69) is 0 Å². The molecule has 1 aliphatic rings. The molecule has 0 bridgehead atoms. The van der Waals surface area contributed by atoms with Crippen LogP contribution in [0.1, 0.15) is 6.92 Å². The zero-order chi connectivity index (χ0) is 15.2. The number of para-hydroxylation sites is 2. The number of fused-ring (bicyclic) bond motifs is 1. The van der Waals surface area contributed by atoms with Gasteiger partial charge >= 0.3 is 0 Å². The molecule has 0 saturated heterocycles. The van der Waals surface area contributed by atoms with E-state index in [4.69, 9.17) is 19.3 Å². The van der Waals surface area contributed by atoms with Crippen molar-refractivity contribution in [1.29, 1.82) is 0 Å². The van der Waals surface area contributed by atoms with Gasteiger partial charge in [0.15, 0.2) is 11.5 Å². The zero-order valence-corrected chi connectivity index (χ0v) is 12.3. The number of aliphatic hydroxyl groups is 1. The number of ether oxygens (including phenoxy) is 3. The summed E-state index contributed by atoms with van der Waals surface area (Å²) in [6, 6.07) is 7.26. The Morgan fingerprint density at radius 2 is 1.95 bits per heavy atom. The van der Waals surface area contributed by atoms with Gasteiger partial charge in [0.2, 0.25) is 6.10 Å². The second kappa shape index (κ2) is 7.28. The molecule has 1 N–H and O–H groups in total. The molecule has 0 fully saturated rings. The quantitative estimate of drug-likeness (QED) is 0.836. The number of benzene rings is 1. The van der Waals surface area contributed by atoms with Gasteiger partial charge in [0.1, 0.15) is 6.10 Å². The first-order valence-corrected chi connectivity index (χ1v) is 6.98. The molecule has 0 aliphatic carbocycles. The highest BCUT2D eigenvalue weighted by atomic mass is 16.6. The number of methoxy groups -OCH3 is 1. The maximum atomic E-state index is 12.6. The number of aliphatic hydroxyl groups excluding tert-OH is 1. The molecule has 2 rings (SSSR count).